The molecule has 0 fully saturated rings. The Morgan fingerprint density at radius 3 is 2.92 bits per heavy atom. The number of hydrogen-bond donors (Lipinski definition) is 0. The summed E-state index contributed by atoms with van der Waals surface area (Å²) in [5, 5.41) is 5.55. The molecule has 1 aromatic heterocycles. The summed E-state index contributed by atoms with van der Waals surface area (Å²) in [6, 6.07) is 2.23. The van der Waals surface area contributed by atoms with Crippen molar-refractivity contribution < 1.29 is 0 Å². The van der Waals surface area contributed by atoms with E-state index in [0.717, 1.165) is 11.2 Å². The summed E-state index contributed by atoms with van der Waals surface area (Å²) in [6.45, 7) is 2.26. The Morgan fingerprint density at radius 2 is 2.42 bits per heavy atom. The number of halogens is 1. The van der Waals surface area contributed by atoms with Gasteiger partial charge in [0.15, 0.2) is 0 Å². The van der Waals surface area contributed by atoms with Gasteiger partial charge in [0.1, 0.15) is 0 Å². The van der Waals surface area contributed by atoms with E-state index in [-0.39, 0.29) is 0 Å². The second-order valence-corrected chi connectivity index (χ2v) is 4.53. The normalized spacial score (nSPS) is 13.2. The molecule has 0 spiro atoms. The summed E-state index contributed by atoms with van der Waals surface area (Å²) in [5.74, 6) is 0.852. The van der Waals surface area contributed by atoms with Crippen molar-refractivity contribution in [2.45, 2.75) is 26.2 Å². The summed E-state index contributed by atoms with van der Waals surface area (Å²) >= 11 is 5.34. The first kappa shape index (κ1) is 10.3. The van der Waals surface area contributed by atoms with Crippen LogP contribution in [0.1, 0.15) is 25.3 Å². The monoisotopic (exact) mass is 246 g/mol. The third-order valence-electron chi connectivity index (χ3n) is 2.22. The second kappa shape index (κ2) is 5.76. The standard InChI is InChI=1S/C10H15BrS/c1-2-9(7-11)3-4-10-5-6-12-8-10/h5-6,8-9H,2-4,7H2,1H3. The third-order valence-corrected chi connectivity index (χ3v) is 3.86. The van der Waals surface area contributed by atoms with E-state index in [0.29, 0.717) is 0 Å². The van der Waals surface area contributed by atoms with Crippen molar-refractivity contribution in [2.75, 3.05) is 5.33 Å². The molecule has 1 atom stereocenters. The van der Waals surface area contributed by atoms with Crippen LogP contribution in [0, 0.1) is 5.92 Å². The molecule has 0 aliphatic heterocycles. The van der Waals surface area contributed by atoms with E-state index in [9.17, 15) is 0 Å². The van der Waals surface area contributed by atoms with E-state index in [1.807, 2.05) is 0 Å². The van der Waals surface area contributed by atoms with Gasteiger partial charge in [0.25, 0.3) is 0 Å². The molecule has 12 heavy (non-hydrogen) atoms. The van der Waals surface area contributed by atoms with Crippen molar-refractivity contribution in [3.05, 3.63) is 22.4 Å². The molecular weight excluding hydrogens is 232 g/mol. The molecule has 0 amide bonds. The summed E-state index contributed by atoms with van der Waals surface area (Å²) < 4.78 is 0. The fraction of sp³-hybridized carbons (Fsp3) is 0.600. The van der Waals surface area contributed by atoms with Crippen LogP contribution in [0.25, 0.3) is 0 Å². The predicted molar refractivity (Wildman–Crippen MR) is 60.2 cm³/mol. The Kier molecular flexibility index (Phi) is 4.93. The molecule has 1 rings (SSSR count). The van der Waals surface area contributed by atoms with Crippen LogP contribution in [-0.2, 0) is 6.42 Å². The summed E-state index contributed by atoms with van der Waals surface area (Å²) in [7, 11) is 0. The lowest BCUT2D eigenvalue weighted by Gasteiger charge is -2.09. The van der Waals surface area contributed by atoms with Gasteiger partial charge in [-0.15, -0.1) is 0 Å². The van der Waals surface area contributed by atoms with Crippen LogP contribution < -0.4 is 0 Å². The molecule has 0 bridgehead atoms. The number of rotatable bonds is 5. The van der Waals surface area contributed by atoms with E-state index in [1.165, 1.54) is 24.8 Å². The van der Waals surface area contributed by atoms with E-state index in [1.54, 1.807) is 11.3 Å². The zero-order chi connectivity index (χ0) is 8.81. The van der Waals surface area contributed by atoms with E-state index in [2.05, 4.69) is 39.7 Å². The zero-order valence-corrected chi connectivity index (χ0v) is 9.83. The topological polar surface area (TPSA) is 0 Å². The highest BCUT2D eigenvalue weighted by Crippen LogP contribution is 2.16. The van der Waals surface area contributed by atoms with Crippen LogP contribution >= 0.6 is 27.3 Å². The minimum Gasteiger partial charge on any atom is -0.152 e. The highest BCUT2D eigenvalue weighted by atomic mass is 79.9. The van der Waals surface area contributed by atoms with E-state index < -0.39 is 0 Å². The maximum atomic E-state index is 3.54. The molecule has 0 aromatic carbocycles. The van der Waals surface area contributed by atoms with Crippen molar-refractivity contribution in [1.29, 1.82) is 0 Å². The lowest BCUT2D eigenvalue weighted by molar-refractivity contribution is 0.529. The van der Waals surface area contributed by atoms with Gasteiger partial charge in [0.05, 0.1) is 0 Å². The highest BCUT2D eigenvalue weighted by molar-refractivity contribution is 9.09. The van der Waals surface area contributed by atoms with Gasteiger partial charge in [-0.25, -0.2) is 0 Å². The first-order valence-corrected chi connectivity index (χ1v) is 6.50. The average Bonchev–Trinajstić information content (AvgIpc) is 2.59. The van der Waals surface area contributed by atoms with Crippen molar-refractivity contribution in [3.63, 3.8) is 0 Å². The molecular formula is C10H15BrS. The first-order valence-electron chi connectivity index (χ1n) is 4.43. The molecule has 0 N–H and O–H groups in total. The van der Waals surface area contributed by atoms with Gasteiger partial charge >= 0.3 is 0 Å². The Bertz CT molecular complexity index is 190. The van der Waals surface area contributed by atoms with Gasteiger partial charge in [-0.2, -0.15) is 11.3 Å². The minimum atomic E-state index is 0.852. The van der Waals surface area contributed by atoms with Crippen LogP contribution in [0.15, 0.2) is 16.8 Å². The molecule has 0 saturated heterocycles. The number of aryl methyl sites for hydroxylation is 1. The van der Waals surface area contributed by atoms with Crippen molar-refractivity contribution in [1.82, 2.24) is 0 Å². The van der Waals surface area contributed by atoms with Crippen molar-refractivity contribution in [2.24, 2.45) is 5.92 Å². The molecule has 0 aliphatic carbocycles. The molecule has 1 unspecified atom stereocenters. The third kappa shape index (κ3) is 3.28. The van der Waals surface area contributed by atoms with Gasteiger partial charge in [-0.3, -0.25) is 0 Å². The van der Waals surface area contributed by atoms with Crippen LogP contribution in [0.2, 0.25) is 0 Å². The first-order chi connectivity index (χ1) is 5.86. The number of hydrogen-bond acceptors (Lipinski definition) is 1. The summed E-state index contributed by atoms with van der Waals surface area (Å²) in [4.78, 5) is 0. The largest absolute Gasteiger partial charge is 0.152 e. The lowest BCUT2D eigenvalue weighted by atomic mass is 10.0. The average molecular weight is 247 g/mol. The second-order valence-electron chi connectivity index (χ2n) is 3.10. The molecule has 0 nitrogen and oxygen atoms in total. The maximum Gasteiger partial charge on any atom is 0.00596 e. The highest BCUT2D eigenvalue weighted by Gasteiger charge is 2.04. The van der Waals surface area contributed by atoms with Gasteiger partial charge < -0.3 is 0 Å². The van der Waals surface area contributed by atoms with Crippen LogP contribution in [0.5, 0.6) is 0 Å². The zero-order valence-electron chi connectivity index (χ0n) is 7.42. The number of thiophene rings is 1. The predicted octanol–water partition coefficient (Wildman–Crippen LogP) is 4.10. The Balaban J connectivity index is 2.25. The Hall–Kier alpha value is 0.180. The molecule has 0 radical (unpaired) electrons. The smallest absolute Gasteiger partial charge is 0.00596 e. The molecule has 1 aromatic rings. The minimum absolute atomic E-state index is 0.852. The van der Waals surface area contributed by atoms with Crippen molar-refractivity contribution >= 4 is 27.3 Å². The molecule has 68 valence electrons. The van der Waals surface area contributed by atoms with Crippen LogP contribution in [-0.4, -0.2) is 5.33 Å². The van der Waals surface area contributed by atoms with Crippen LogP contribution in [0.4, 0.5) is 0 Å². The molecule has 0 aliphatic rings. The van der Waals surface area contributed by atoms with E-state index >= 15 is 0 Å². The Morgan fingerprint density at radius 1 is 1.58 bits per heavy atom. The maximum absolute atomic E-state index is 3.54. The van der Waals surface area contributed by atoms with Gasteiger partial charge in [-0.05, 0) is 41.1 Å². The lowest BCUT2D eigenvalue weighted by Crippen LogP contribution is -2.01. The van der Waals surface area contributed by atoms with Crippen molar-refractivity contribution in [3.8, 4) is 0 Å². The summed E-state index contributed by atoms with van der Waals surface area (Å²) in [5.41, 5.74) is 1.50. The quantitative estimate of drug-likeness (QED) is 0.687. The molecule has 2 heteroatoms. The van der Waals surface area contributed by atoms with Crippen LogP contribution in [0.3, 0.4) is 0 Å². The van der Waals surface area contributed by atoms with Gasteiger partial charge in [-0.1, -0.05) is 29.3 Å². The van der Waals surface area contributed by atoms with E-state index in [4.69, 9.17) is 0 Å². The van der Waals surface area contributed by atoms with Gasteiger partial charge in [0.2, 0.25) is 0 Å². The number of alkyl halides is 1. The Labute approximate surface area is 87.1 Å². The fourth-order valence-corrected chi connectivity index (χ4v) is 2.68. The molecule has 0 saturated carbocycles. The SMILES string of the molecule is CCC(CBr)CCc1ccsc1. The summed E-state index contributed by atoms with van der Waals surface area (Å²) in [6.07, 6.45) is 3.85. The molecule has 1 heterocycles. The fourth-order valence-electron chi connectivity index (χ4n) is 1.20. The van der Waals surface area contributed by atoms with Gasteiger partial charge in [0, 0.05) is 5.33 Å².